The third-order valence-electron chi connectivity index (χ3n) is 17.3. The van der Waals surface area contributed by atoms with Gasteiger partial charge in [0.15, 0.2) is 5.60 Å². The zero-order chi connectivity index (χ0) is 76.0. The molecule has 0 saturated carbocycles. The Bertz CT molecular complexity index is 3180. The number of carbonyl (C=O) groups excluding carboxylic acids is 13. The highest BCUT2D eigenvalue weighted by Crippen LogP contribution is 2.31. The van der Waals surface area contributed by atoms with Crippen LogP contribution in [0, 0.1) is 23.7 Å². The van der Waals surface area contributed by atoms with Crippen molar-refractivity contribution < 1.29 is 97.0 Å². The molecule has 34 heteroatoms. The van der Waals surface area contributed by atoms with E-state index in [4.69, 9.17) is 37.3 Å². The number of nitrogens with zero attached hydrogens (tertiary/aromatic N) is 2. The number of cyclic esters (lactones) is 1. The number of halogens is 1. The number of likely N-dealkylation sites (N-methyl/N-ethyl adjacent to an activating group) is 1. The van der Waals surface area contributed by atoms with Crippen molar-refractivity contribution in [1.82, 2.24) is 57.7 Å². The predicted molar refractivity (Wildman–Crippen MR) is 362 cm³/mol. The van der Waals surface area contributed by atoms with E-state index in [1.807, 2.05) is 19.9 Å². The van der Waals surface area contributed by atoms with Crippen LogP contribution in [-0.2, 0) is 76.5 Å². The van der Waals surface area contributed by atoms with Crippen molar-refractivity contribution >= 4 is 88.5 Å². The number of esters is 1. The van der Waals surface area contributed by atoms with Gasteiger partial charge in [-0.1, -0.05) is 90.0 Å². The lowest BCUT2D eigenvalue weighted by atomic mass is 9.87. The summed E-state index contributed by atoms with van der Waals surface area (Å²) in [6.45, 7) is 14.8. The number of phenolic OH excluding ortho intramolecular Hbond substituents is 1. The summed E-state index contributed by atoms with van der Waals surface area (Å²) in [5.41, 5.74) is 10.1. The summed E-state index contributed by atoms with van der Waals surface area (Å²) in [6, 6.07) is -10.3. The van der Waals surface area contributed by atoms with Crippen LogP contribution in [-0.4, -0.2) is 238 Å². The number of aliphatic hydroxyl groups excluding tert-OH is 2. The molecule has 2 fully saturated rings. The molecule has 0 bridgehead atoms. The fraction of sp³-hybridized carbons (Fsp3) is 0.621. The van der Waals surface area contributed by atoms with Crippen molar-refractivity contribution in [3.05, 3.63) is 65.4 Å². The summed E-state index contributed by atoms with van der Waals surface area (Å²) < 4.78 is 17.3. The van der Waals surface area contributed by atoms with Gasteiger partial charge in [-0.15, -0.1) is 11.6 Å². The van der Waals surface area contributed by atoms with E-state index < -0.39 is 210 Å². The number of fused-ring (bicyclic) bond motifs is 1. The minimum Gasteiger partial charge on any atom is -0.508 e. The van der Waals surface area contributed by atoms with Gasteiger partial charge in [0.05, 0.1) is 25.8 Å². The second-order valence-electron chi connectivity index (χ2n) is 25.7. The Labute approximate surface area is 586 Å². The second kappa shape index (κ2) is 39.4. The van der Waals surface area contributed by atoms with Gasteiger partial charge < -0.3 is 104 Å². The van der Waals surface area contributed by atoms with Crippen molar-refractivity contribution in [1.29, 1.82) is 0 Å². The maximum absolute atomic E-state index is 15.4. The molecular weight excluding hydrogens is 1330 g/mol. The lowest BCUT2D eigenvalue weighted by Crippen LogP contribution is -2.66. The topological polar surface area (TPSA) is 497 Å². The molecule has 0 aliphatic carbocycles. The summed E-state index contributed by atoms with van der Waals surface area (Å²) in [7, 11) is 3.51. The fourth-order valence-corrected chi connectivity index (χ4v) is 11.1. The normalized spacial score (nSPS) is 24.8. The summed E-state index contributed by atoms with van der Waals surface area (Å²) in [5, 5.41) is 63.7. The molecule has 2 aliphatic heterocycles. The van der Waals surface area contributed by atoms with E-state index in [0.29, 0.717) is 0 Å². The van der Waals surface area contributed by atoms with Gasteiger partial charge in [-0.3, -0.25) is 57.5 Å². The van der Waals surface area contributed by atoms with E-state index in [0.717, 1.165) is 49.0 Å². The molecular formula is C66H102ClN13O20. The van der Waals surface area contributed by atoms with Gasteiger partial charge in [0.2, 0.25) is 59.1 Å². The first-order valence-corrected chi connectivity index (χ1v) is 33.2. The van der Waals surface area contributed by atoms with Crippen LogP contribution < -0.4 is 59.3 Å². The molecule has 17 N–H and O–H groups in total. The number of carbonyl (C=O) groups is 13. The van der Waals surface area contributed by atoms with Crippen molar-refractivity contribution in [3.8, 4) is 5.75 Å². The number of phenols is 1. The van der Waals surface area contributed by atoms with Gasteiger partial charge in [0.1, 0.15) is 78.1 Å². The highest BCUT2D eigenvalue weighted by Gasteiger charge is 2.48. The Kier molecular flexibility index (Phi) is 33.7. The van der Waals surface area contributed by atoms with Crippen LogP contribution >= 0.6 is 11.6 Å². The maximum atomic E-state index is 15.4. The predicted octanol–water partition coefficient (Wildman–Crippen LogP) is -2.94. The number of amides is 12. The number of hydrogen-bond acceptors (Lipinski definition) is 21. The van der Waals surface area contributed by atoms with E-state index in [2.05, 4.69) is 47.9 Å². The van der Waals surface area contributed by atoms with Crippen molar-refractivity contribution in [3.63, 3.8) is 0 Å². The maximum Gasteiger partial charge on any atom is 0.329 e. The van der Waals surface area contributed by atoms with E-state index in [1.54, 1.807) is 6.92 Å². The molecule has 1 aromatic rings. The summed E-state index contributed by atoms with van der Waals surface area (Å²) in [5.74, 6) is -17.9. The van der Waals surface area contributed by atoms with E-state index in [1.165, 1.54) is 98.9 Å². The molecule has 1 aromatic carbocycles. The molecule has 558 valence electrons. The number of piperidine rings is 1. The standard InChI is InChI=1S/C66H102ClN13O20/c1-16-32(5)26-33(6)18-23-45(83)66(12,97)65(96)71-29-47(85)73-42(17-2)57(88)76-49(36(9)68)59(90)75-48(34(7)35(8)55(69)86)58(89)77-50-53(31(3)4)100-64(95)44-27-40(67)24-25-80(44)63(94)51(54(99-15)39-19-21-41(82)22-20-39)78-61(92)52(38(11)81)79(13)62(93)37(10)72-46(84)28-70-56(87)43(30-98-14)74-60(50)91/h17-23,26,31-32,34-38,40,43-45,48-54,81-83,97H,16,24-25,27-30,68H2,1-15H3,(H2,69,86)(H,70,87)(H,71,96)(H,72,84)(H,73,85)(H,74,91)(H,75,90)(H,76,88)(H,77,89)(H,78,92)/b23-18-,33-26+,42-17-/t32?,34-,35+,36?,37+,38-,40-,43+,44+,45?,48+,49+,50?,51-,52+,53+,54+,66?/m1/s1. The largest absolute Gasteiger partial charge is 0.508 e. The number of ether oxygens (including phenoxy) is 3. The number of aromatic hydroxyl groups is 1. The van der Waals surface area contributed by atoms with Crippen LogP contribution in [0.5, 0.6) is 5.75 Å². The minimum absolute atomic E-state index is 0.0502. The smallest absolute Gasteiger partial charge is 0.329 e. The first kappa shape index (κ1) is 85.6. The average Bonchev–Trinajstić information content (AvgIpc) is 0.502. The Balaban J connectivity index is 2.20. The Morgan fingerprint density at radius 3 is 2.07 bits per heavy atom. The van der Waals surface area contributed by atoms with Crippen LogP contribution in [0.25, 0.3) is 0 Å². The number of methoxy groups -OCH3 is 2. The number of nitrogens with two attached hydrogens (primary N) is 2. The number of benzene rings is 1. The van der Waals surface area contributed by atoms with Gasteiger partial charge in [0, 0.05) is 45.1 Å². The Hall–Kier alpha value is -8.60. The molecule has 0 radical (unpaired) electrons. The molecule has 0 spiro atoms. The number of allylic oxidation sites excluding steroid dienone is 4. The average molecular weight is 1430 g/mol. The number of rotatable bonds is 26. The quantitative estimate of drug-likeness (QED) is 0.0191. The molecule has 18 atom stereocenters. The van der Waals surface area contributed by atoms with E-state index in [9.17, 15) is 63.6 Å². The molecule has 2 saturated heterocycles. The molecule has 0 aromatic heterocycles. The monoisotopic (exact) mass is 1430 g/mol. The highest BCUT2D eigenvalue weighted by molar-refractivity contribution is 6.21. The summed E-state index contributed by atoms with van der Waals surface area (Å²) >= 11 is 6.75. The van der Waals surface area contributed by atoms with E-state index in [-0.39, 0.29) is 36.6 Å². The van der Waals surface area contributed by atoms with Gasteiger partial charge in [-0.2, -0.15) is 0 Å². The molecule has 5 unspecified atom stereocenters. The highest BCUT2D eigenvalue weighted by atomic mass is 35.5. The van der Waals surface area contributed by atoms with Crippen LogP contribution in [0.1, 0.15) is 114 Å². The molecule has 12 amide bonds. The number of hydrogen-bond donors (Lipinski definition) is 15. The molecule has 3 rings (SSSR count). The third kappa shape index (κ3) is 24.1. The van der Waals surface area contributed by atoms with Crippen LogP contribution in [0.3, 0.4) is 0 Å². The van der Waals surface area contributed by atoms with Gasteiger partial charge in [-0.25, -0.2) is 4.79 Å². The minimum atomic E-state index is -2.43. The molecule has 2 aliphatic rings. The number of primary amides is 1. The molecule has 100 heavy (non-hydrogen) atoms. The summed E-state index contributed by atoms with van der Waals surface area (Å²) in [4.78, 5) is 186. The van der Waals surface area contributed by atoms with Crippen molar-refractivity contribution in [2.24, 2.45) is 35.1 Å². The Morgan fingerprint density at radius 2 is 1.52 bits per heavy atom. The number of alkyl halides is 1. The molecule has 2 heterocycles. The lowest BCUT2D eigenvalue weighted by molar-refractivity contribution is -0.168. The van der Waals surface area contributed by atoms with Crippen LogP contribution in [0.4, 0.5) is 0 Å². The van der Waals surface area contributed by atoms with Gasteiger partial charge >= 0.3 is 5.97 Å². The Morgan fingerprint density at radius 1 is 0.890 bits per heavy atom. The van der Waals surface area contributed by atoms with E-state index >= 15 is 19.2 Å². The van der Waals surface area contributed by atoms with Crippen molar-refractivity contribution in [2.45, 2.75) is 192 Å². The lowest BCUT2D eigenvalue weighted by Gasteiger charge is -2.41. The summed E-state index contributed by atoms with van der Waals surface area (Å²) in [6.07, 6.45) is -0.255. The van der Waals surface area contributed by atoms with Crippen LogP contribution in [0.2, 0.25) is 0 Å². The van der Waals surface area contributed by atoms with Crippen molar-refractivity contribution in [2.75, 3.05) is 47.5 Å². The first-order chi connectivity index (χ1) is 46.7. The second-order valence-corrected chi connectivity index (χ2v) is 26.3. The first-order valence-electron chi connectivity index (χ1n) is 32.8. The number of nitrogens with one attached hydrogen (secondary N) is 9. The molecule has 33 nitrogen and oxygen atoms in total. The fourth-order valence-electron chi connectivity index (χ4n) is 10.8. The zero-order valence-corrected chi connectivity index (χ0v) is 60.0. The third-order valence-corrected chi connectivity index (χ3v) is 17.7. The SMILES string of the molecule is C/C=C(\NC(=O)CNC(=O)C(C)(O)C(O)/C=C\C(C)=C\C(C)CC)C(=O)N[C@H](C(=O)N[C@H](C(=O)NC1C(=O)N[C@@H](COC)C(=O)NCC(=O)N[C@@H](C)C(=O)N(C)[C@@H]([C@@H](C)O)C(=O)N[C@H]([C@@H](OC)c2ccc(O)cc2)C(=O)N2CC[C@@H](Cl)C[C@H]2C(=O)O[C@H]1C(C)C)[C@H](C)[C@H](C)C(N)=O)C(C)N. The van der Waals surface area contributed by atoms with Gasteiger partial charge in [0.25, 0.3) is 11.8 Å². The zero-order valence-electron chi connectivity index (χ0n) is 59.2. The number of aliphatic hydroxyl groups is 3. The van der Waals surface area contributed by atoms with Gasteiger partial charge in [-0.05, 0) is 89.8 Å². The van der Waals surface area contributed by atoms with Crippen LogP contribution in [0.15, 0.2) is 59.8 Å².